The first-order valence-electron chi connectivity index (χ1n) is 6.49. The van der Waals surface area contributed by atoms with Gasteiger partial charge in [-0.05, 0) is 38.5 Å². The van der Waals surface area contributed by atoms with Crippen molar-refractivity contribution in [2.75, 3.05) is 6.54 Å². The zero-order valence-corrected chi connectivity index (χ0v) is 12.1. The topological polar surface area (TPSA) is 80.3 Å². The van der Waals surface area contributed by atoms with Crippen molar-refractivity contribution in [3.05, 3.63) is 30.1 Å². The van der Waals surface area contributed by atoms with Crippen LogP contribution in [0.25, 0.3) is 0 Å². The van der Waals surface area contributed by atoms with E-state index in [-0.39, 0.29) is 25.0 Å². The van der Waals surface area contributed by atoms with Crippen LogP contribution < -0.4 is 10.6 Å². The number of nitrogens with one attached hydrogen (secondary N) is 2. The van der Waals surface area contributed by atoms with Gasteiger partial charge in [-0.2, -0.15) is 0 Å². The molecule has 6 nitrogen and oxygen atoms in total. The molecule has 0 fully saturated rings. The van der Waals surface area contributed by atoms with Crippen LogP contribution in [0.4, 0.5) is 4.79 Å². The van der Waals surface area contributed by atoms with Crippen LogP contribution in [-0.4, -0.2) is 29.1 Å². The van der Waals surface area contributed by atoms with Crippen molar-refractivity contribution in [3.8, 4) is 0 Å². The Balaban J connectivity index is 2.16. The van der Waals surface area contributed by atoms with Crippen LogP contribution >= 0.6 is 0 Å². The molecular weight excluding hydrogens is 258 g/mol. The molecule has 0 aliphatic heterocycles. The van der Waals surface area contributed by atoms with E-state index in [0.29, 0.717) is 6.54 Å². The van der Waals surface area contributed by atoms with Gasteiger partial charge in [0.05, 0.1) is 6.42 Å². The zero-order valence-electron chi connectivity index (χ0n) is 12.1. The number of pyridine rings is 1. The normalized spacial score (nSPS) is 10.8. The molecule has 0 saturated carbocycles. The van der Waals surface area contributed by atoms with Crippen molar-refractivity contribution >= 4 is 12.0 Å². The first-order chi connectivity index (χ1) is 9.37. The highest BCUT2D eigenvalue weighted by atomic mass is 16.6. The summed E-state index contributed by atoms with van der Waals surface area (Å²) in [6, 6.07) is 3.33. The Hall–Kier alpha value is -2.11. The number of esters is 1. The summed E-state index contributed by atoms with van der Waals surface area (Å²) in [7, 11) is 0. The number of carbonyl (C=O) groups excluding carboxylic acids is 2. The fourth-order valence-corrected chi connectivity index (χ4v) is 1.42. The lowest BCUT2D eigenvalue weighted by atomic mass is 10.2. The van der Waals surface area contributed by atoms with E-state index in [4.69, 9.17) is 4.74 Å². The van der Waals surface area contributed by atoms with Gasteiger partial charge < -0.3 is 15.4 Å². The first kappa shape index (κ1) is 15.9. The molecule has 0 unspecified atom stereocenters. The fourth-order valence-electron chi connectivity index (χ4n) is 1.42. The molecule has 20 heavy (non-hydrogen) atoms. The van der Waals surface area contributed by atoms with Gasteiger partial charge >= 0.3 is 12.0 Å². The predicted octanol–water partition coefficient (Wildman–Crippen LogP) is 1.61. The lowest BCUT2D eigenvalue weighted by Crippen LogP contribution is -2.36. The summed E-state index contributed by atoms with van der Waals surface area (Å²) < 4.78 is 5.13. The van der Waals surface area contributed by atoms with Crippen molar-refractivity contribution in [1.29, 1.82) is 0 Å². The second-order valence-electron chi connectivity index (χ2n) is 5.30. The largest absolute Gasteiger partial charge is 0.460 e. The van der Waals surface area contributed by atoms with Crippen molar-refractivity contribution in [2.45, 2.75) is 39.3 Å². The molecule has 0 aromatic carbocycles. The molecule has 1 aromatic heterocycles. The molecule has 1 rings (SSSR count). The number of hydrogen-bond acceptors (Lipinski definition) is 4. The number of hydrogen-bond donors (Lipinski definition) is 2. The van der Waals surface area contributed by atoms with Gasteiger partial charge in [-0.15, -0.1) is 0 Å². The van der Waals surface area contributed by atoms with E-state index in [0.717, 1.165) is 5.56 Å². The summed E-state index contributed by atoms with van der Waals surface area (Å²) in [5.74, 6) is -0.327. The van der Waals surface area contributed by atoms with E-state index in [1.165, 1.54) is 0 Å². The van der Waals surface area contributed by atoms with Crippen LogP contribution in [0, 0.1) is 0 Å². The number of nitrogens with zero attached hydrogens (tertiary/aromatic N) is 1. The Bertz CT molecular complexity index is 441. The second kappa shape index (κ2) is 7.47. The lowest BCUT2D eigenvalue weighted by molar-refractivity contribution is -0.154. The van der Waals surface area contributed by atoms with E-state index in [1.807, 2.05) is 12.1 Å². The van der Waals surface area contributed by atoms with Gasteiger partial charge in [-0.3, -0.25) is 9.78 Å². The molecule has 0 radical (unpaired) electrons. The van der Waals surface area contributed by atoms with Gasteiger partial charge in [-0.1, -0.05) is 0 Å². The van der Waals surface area contributed by atoms with Gasteiger partial charge in [0.25, 0.3) is 0 Å². The van der Waals surface area contributed by atoms with Gasteiger partial charge in [-0.25, -0.2) is 4.79 Å². The summed E-state index contributed by atoms with van der Waals surface area (Å²) in [4.78, 5) is 26.8. The van der Waals surface area contributed by atoms with Crippen LogP contribution in [0.2, 0.25) is 0 Å². The molecule has 0 atom stereocenters. The van der Waals surface area contributed by atoms with E-state index in [9.17, 15) is 9.59 Å². The van der Waals surface area contributed by atoms with Crippen LogP contribution in [0.5, 0.6) is 0 Å². The van der Waals surface area contributed by atoms with Crippen LogP contribution in [0.1, 0.15) is 32.8 Å². The summed E-state index contributed by atoms with van der Waals surface area (Å²) in [5.41, 5.74) is 0.461. The predicted molar refractivity (Wildman–Crippen MR) is 74.9 cm³/mol. The van der Waals surface area contributed by atoms with Crippen molar-refractivity contribution in [1.82, 2.24) is 15.6 Å². The molecule has 1 aromatic rings. The average molecular weight is 279 g/mol. The molecular formula is C14H21N3O3. The number of amides is 2. The summed E-state index contributed by atoms with van der Waals surface area (Å²) in [6.07, 6.45) is 3.48. The average Bonchev–Trinajstić information content (AvgIpc) is 2.35. The minimum atomic E-state index is -0.499. The monoisotopic (exact) mass is 279 g/mol. The molecule has 110 valence electrons. The van der Waals surface area contributed by atoms with Gasteiger partial charge in [0, 0.05) is 25.5 Å². The smallest absolute Gasteiger partial charge is 0.315 e. The minimum Gasteiger partial charge on any atom is -0.460 e. The van der Waals surface area contributed by atoms with Gasteiger partial charge in [0.1, 0.15) is 5.60 Å². The van der Waals surface area contributed by atoms with Crippen molar-refractivity contribution < 1.29 is 14.3 Å². The Morgan fingerprint density at radius 3 is 2.45 bits per heavy atom. The number of aromatic nitrogens is 1. The standard InChI is InChI=1S/C14H21N3O3/c1-14(2,3)20-12(18)6-9-16-13(19)17-10-11-4-7-15-8-5-11/h4-5,7-8H,6,9-10H2,1-3H3,(H2,16,17,19). The van der Waals surface area contributed by atoms with Crippen LogP contribution in [0.15, 0.2) is 24.5 Å². The second-order valence-corrected chi connectivity index (χ2v) is 5.30. The highest BCUT2D eigenvalue weighted by Crippen LogP contribution is 2.07. The van der Waals surface area contributed by atoms with Crippen molar-refractivity contribution in [3.63, 3.8) is 0 Å². The maximum Gasteiger partial charge on any atom is 0.315 e. The third-order valence-electron chi connectivity index (χ3n) is 2.24. The van der Waals surface area contributed by atoms with E-state index < -0.39 is 5.60 Å². The number of carbonyl (C=O) groups is 2. The summed E-state index contributed by atoms with van der Waals surface area (Å²) in [5, 5.41) is 5.29. The molecule has 0 aliphatic carbocycles. The third kappa shape index (κ3) is 7.35. The Morgan fingerprint density at radius 2 is 1.85 bits per heavy atom. The maximum atomic E-state index is 11.5. The summed E-state index contributed by atoms with van der Waals surface area (Å²) >= 11 is 0. The minimum absolute atomic E-state index is 0.153. The third-order valence-corrected chi connectivity index (χ3v) is 2.24. The molecule has 0 saturated heterocycles. The van der Waals surface area contributed by atoms with Gasteiger partial charge in [0.2, 0.25) is 0 Å². The molecule has 2 N–H and O–H groups in total. The Kier molecular flexibility index (Phi) is 5.96. The number of rotatable bonds is 5. The molecule has 0 spiro atoms. The van der Waals surface area contributed by atoms with Gasteiger partial charge in [0.15, 0.2) is 0 Å². The Labute approximate surface area is 118 Å². The zero-order chi connectivity index (χ0) is 15.0. The Morgan fingerprint density at radius 1 is 1.20 bits per heavy atom. The highest BCUT2D eigenvalue weighted by molar-refractivity contribution is 5.75. The lowest BCUT2D eigenvalue weighted by Gasteiger charge is -2.19. The molecule has 1 heterocycles. The molecule has 0 bridgehead atoms. The number of urea groups is 1. The van der Waals surface area contributed by atoms with E-state index in [1.54, 1.807) is 33.2 Å². The first-order valence-corrected chi connectivity index (χ1v) is 6.49. The van der Waals surface area contributed by atoms with E-state index in [2.05, 4.69) is 15.6 Å². The van der Waals surface area contributed by atoms with Crippen molar-refractivity contribution in [2.24, 2.45) is 0 Å². The fraction of sp³-hybridized carbons (Fsp3) is 0.500. The molecule has 2 amide bonds. The quantitative estimate of drug-likeness (QED) is 0.802. The number of ether oxygens (including phenoxy) is 1. The molecule has 6 heteroatoms. The van der Waals surface area contributed by atoms with E-state index >= 15 is 0 Å². The molecule has 0 aliphatic rings. The van der Waals surface area contributed by atoms with Crippen LogP contribution in [0.3, 0.4) is 0 Å². The maximum absolute atomic E-state index is 11.5. The SMILES string of the molecule is CC(C)(C)OC(=O)CCNC(=O)NCc1ccncc1. The summed E-state index contributed by atoms with van der Waals surface area (Å²) in [6.45, 7) is 6.08. The highest BCUT2D eigenvalue weighted by Gasteiger charge is 2.15. The van der Waals surface area contributed by atoms with Crippen LogP contribution in [-0.2, 0) is 16.1 Å².